The van der Waals surface area contributed by atoms with Crippen molar-refractivity contribution >= 4 is 11.8 Å². The molecule has 0 radical (unpaired) electrons. The molecule has 0 heterocycles. The Labute approximate surface area is 165 Å². The summed E-state index contributed by atoms with van der Waals surface area (Å²) in [5.41, 5.74) is 6.09. The topological polar surface area (TPSA) is 85.9 Å². The molecule has 7 heteroatoms. The van der Waals surface area contributed by atoms with Crippen LogP contribution in [0.1, 0.15) is 29.8 Å². The van der Waals surface area contributed by atoms with Crippen molar-refractivity contribution in [2.75, 3.05) is 20.3 Å². The molecule has 0 saturated carbocycles. The smallest absolute Gasteiger partial charge is 0.276 e. The van der Waals surface area contributed by atoms with Crippen LogP contribution in [0.4, 0.5) is 0 Å². The lowest BCUT2D eigenvalue weighted by Gasteiger charge is -2.12. The number of hydrogen-bond acceptors (Lipinski definition) is 5. The minimum atomic E-state index is -0.493. The van der Waals surface area contributed by atoms with E-state index < -0.39 is 11.8 Å². The molecule has 2 rings (SSSR count). The number of amides is 2. The quantitative estimate of drug-likeness (QED) is 0.682. The molecule has 0 aliphatic rings. The van der Waals surface area contributed by atoms with E-state index in [1.165, 1.54) is 7.11 Å². The van der Waals surface area contributed by atoms with Gasteiger partial charge in [-0.25, -0.2) is 0 Å². The molecular formula is C21H26N2O5. The number of carbonyl (C=O) groups excluding carboxylic acids is 2. The summed E-state index contributed by atoms with van der Waals surface area (Å²) in [6.07, 6.45) is 0. The van der Waals surface area contributed by atoms with Crippen LogP contribution in [0.25, 0.3) is 0 Å². The first kappa shape index (κ1) is 21.1. The Hall–Kier alpha value is -3.22. The Bertz CT molecular complexity index is 803. The fraction of sp³-hybridized carbons (Fsp3) is 0.333. The highest BCUT2D eigenvalue weighted by Gasteiger charge is 2.10. The second kappa shape index (κ2) is 10.2. The van der Waals surface area contributed by atoms with Crippen LogP contribution in [0.5, 0.6) is 17.2 Å². The minimum Gasteiger partial charge on any atom is -0.493 e. The first-order chi connectivity index (χ1) is 13.4. The SMILES string of the molecule is COc1cc(C)ccc1OCC(=O)NNC(=O)c1ccc(OCC(C)C)cc1. The Kier molecular flexibility index (Phi) is 7.68. The van der Waals surface area contributed by atoms with Crippen molar-refractivity contribution in [3.8, 4) is 17.2 Å². The van der Waals surface area contributed by atoms with Gasteiger partial charge in [0.15, 0.2) is 18.1 Å². The molecule has 0 fully saturated rings. The van der Waals surface area contributed by atoms with Gasteiger partial charge in [0, 0.05) is 5.56 Å². The summed E-state index contributed by atoms with van der Waals surface area (Å²) >= 11 is 0. The second-order valence-corrected chi connectivity index (χ2v) is 6.67. The molecule has 150 valence electrons. The van der Waals surface area contributed by atoms with Gasteiger partial charge in [0.05, 0.1) is 13.7 Å². The molecular weight excluding hydrogens is 360 g/mol. The number of ether oxygens (including phenoxy) is 3. The number of nitrogens with one attached hydrogen (secondary N) is 2. The molecule has 0 spiro atoms. The molecule has 2 N–H and O–H groups in total. The molecule has 0 saturated heterocycles. The standard InChI is InChI=1S/C21H26N2O5/c1-14(2)12-27-17-8-6-16(7-9-17)21(25)23-22-20(24)13-28-18-10-5-15(3)11-19(18)26-4/h5-11,14H,12-13H2,1-4H3,(H,22,24)(H,23,25). The van der Waals surface area contributed by atoms with Gasteiger partial charge < -0.3 is 14.2 Å². The van der Waals surface area contributed by atoms with Crippen LogP contribution >= 0.6 is 0 Å². The molecule has 0 atom stereocenters. The zero-order valence-electron chi connectivity index (χ0n) is 16.6. The molecule has 28 heavy (non-hydrogen) atoms. The Balaban J connectivity index is 1.80. The van der Waals surface area contributed by atoms with Gasteiger partial charge in [-0.1, -0.05) is 19.9 Å². The van der Waals surface area contributed by atoms with E-state index in [1.54, 1.807) is 30.3 Å². The maximum absolute atomic E-state index is 12.1. The maximum atomic E-state index is 12.1. The number of benzene rings is 2. The highest BCUT2D eigenvalue weighted by molar-refractivity contribution is 5.95. The first-order valence-corrected chi connectivity index (χ1v) is 8.98. The summed E-state index contributed by atoms with van der Waals surface area (Å²) in [4.78, 5) is 24.0. The van der Waals surface area contributed by atoms with Crippen molar-refractivity contribution in [2.24, 2.45) is 5.92 Å². The average Bonchev–Trinajstić information content (AvgIpc) is 2.69. The molecule has 0 aromatic heterocycles. The lowest BCUT2D eigenvalue weighted by molar-refractivity contribution is -0.123. The van der Waals surface area contributed by atoms with Crippen molar-refractivity contribution in [3.05, 3.63) is 53.6 Å². The molecule has 2 amide bonds. The monoisotopic (exact) mass is 386 g/mol. The fourth-order valence-corrected chi connectivity index (χ4v) is 2.24. The summed E-state index contributed by atoms with van der Waals surface area (Å²) in [6, 6.07) is 12.1. The van der Waals surface area contributed by atoms with Gasteiger partial charge in [0.2, 0.25) is 0 Å². The lowest BCUT2D eigenvalue weighted by Crippen LogP contribution is -2.43. The Morgan fingerprint density at radius 1 is 0.964 bits per heavy atom. The molecule has 2 aromatic carbocycles. The minimum absolute atomic E-state index is 0.262. The summed E-state index contributed by atoms with van der Waals surface area (Å²) in [5.74, 6) is 1.17. The van der Waals surface area contributed by atoms with E-state index in [9.17, 15) is 9.59 Å². The maximum Gasteiger partial charge on any atom is 0.276 e. The van der Waals surface area contributed by atoms with Gasteiger partial charge in [0.1, 0.15) is 5.75 Å². The van der Waals surface area contributed by atoms with Crippen LogP contribution in [0, 0.1) is 12.8 Å². The summed E-state index contributed by atoms with van der Waals surface area (Å²) in [7, 11) is 1.53. The van der Waals surface area contributed by atoms with E-state index in [0.29, 0.717) is 35.3 Å². The molecule has 0 unspecified atom stereocenters. The van der Waals surface area contributed by atoms with Crippen molar-refractivity contribution in [1.82, 2.24) is 10.9 Å². The average molecular weight is 386 g/mol. The van der Waals surface area contributed by atoms with Crippen molar-refractivity contribution in [2.45, 2.75) is 20.8 Å². The first-order valence-electron chi connectivity index (χ1n) is 8.98. The highest BCUT2D eigenvalue weighted by atomic mass is 16.5. The van der Waals surface area contributed by atoms with Crippen LogP contribution in [0.3, 0.4) is 0 Å². The van der Waals surface area contributed by atoms with Gasteiger partial charge >= 0.3 is 0 Å². The van der Waals surface area contributed by atoms with Gasteiger partial charge in [-0.3, -0.25) is 20.4 Å². The highest BCUT2D eigenvalue weighted by Crippen LogP contribution is 2.27. The fourth-order valence-electron chi connectivity index (χ4n) is 2.24. The molecule has 7 nitrogen and oxygen atoms in total. The predicted molar refractivity (Wildman–Crippen MR) is 106 cm³/mol. The third-order valence-corrected chi connectivity index (χ3v) is 3.69. The van der Waals surface area contributed by atoms with Crippen molar-refractivity contribution in [1.29, 1.82) is 0 Å². The molecule has 0 aliphatic carbocycles. The van der Waals surface area contributed by atoms with Crippen LogP contribution in [-0.4, -0.2) is 32.1 Å². The summed E-state index contributed by atoms with van der Waals surface area (Å²) in [6.45, 7) is 6.39. The molecule has 2 aromatic rings. The largest absolute Gasteiger partial charge is 0.493 e. The van der Waals surface area contributed by atoms with Gasteiger partial charge in [-0.2, -0.15) is 0 Å². The van der Waals surface area contributed by atoms with Crippen LogP contribution in [0.2, 0.25) is 0 Å². The number of aryl methyl sites for hydroxylation is 1. The molecule has 0 aliphatic heterocycles. The van der Waals surface area contributed by atoms with Gasteiger partial charge in [0.25, 0.3) is 11.8 Å². The number of hydrazine groups is 1. The number of rotatable bonds is 8. The number of methoxy groups -OCH3 is 1. The van der Waals surface area contributed by atoms with E-state index in [-0.39, 0.29) is 6.61 Å². The van der Waals surface area contributed by atoms with E-state index in [0.717, 1.165) is 5.56 Å². The predicted octanol–water partition coefficient (Wildman–Crippen LogP) is 2.88. The number of hydrogen-bond donors (Lipinski definition) is 2. The normalized spacial score (nSPS) is 10.3. The molecule has 0 bridgehead atoms. The zero-order chi connectivity index (χ0) is 20.5. The lowest BCUT2D eigenvalue weighted by atomic mass is 10.2. The van der Waals surface area contributed by atoms with Crippen LogP contribution < -0.4 is 25.1 Å². The third kappa shape index (κ3) is 6.50. The van der Waals surface area contributed by atoms with Gasteiger partial charge in [-0.05, 0) is 54.8 Å². The third-order valence-electron chi connectivity index (χ3n) is 3.69. The second-order valence-electron chi connectivity index (χ2n) is 6.67. The van der Waals surface area contributed by atoms with Gasteiger partial charge in [-0.15, -0.1) is 0 Å². The Morgan fingerprint density at radius 3 is 2.32 bits per heavy atom. The Morgan fingerprint density at radius 2 is 1.68 bits per heavy atom. The number of carbonyl (C=O) groups is 2. The van der Waals surface area contributed by atoms with Crippen molar-refractivity contribution in [3.63, 3.8) is 0 Å². The van der Waals surface area contributed by atoms with Crippen LogP contribution in [-0.2, 0) is 4.79 Å². The zero-order valence-corrected chi connectivity index (χ0v) is 16.6. The van der Waals surface area contributed by atoms with E-state index >= 15 is 0 Å². The van der Waals surface area contributed by atoms with Crippen molar-refractivity contribution < 1.29 is 23.8 Å². The van der Waals surface area contributed by atoms with E-state index in [4.69, 9.17) is 14.2 Å². The summed E-state index contributed by atoms with van der Waals surface area (Å²) < 4.78 is 16.2. The van der Waals surface area contributed by atoms with E-state index in [1.807, 2.05) is 19.1 Å². The van der Waals surface area contributed by atoms with E-state index in [2.05, 4.69) is 24.7 Å². The summed E-state index contributed by atoms with van der Waals surface area (Å²) in [5, 5.41) is 0. The van der Waals surface area contributed by atoms with Crippen LogP contribution in [0.15, 0.2) is 42.5 Å².